The zero-order valence-electron chi connectivity index (χ0n) is 8.52. The Labute approximate surface area is 112 Å². The second kappa shape index (κ2) is 5.17. The summed E-state index contributed by atoms with van der Waals surface area (Å²) in [7, 11) is 0. The van der Waals surface area contributed by atoms with Crippen molar-refractivity contribution >= 4 is 27.5 Å². The van der Waals surface area contributed by atoms with Gasteiger partial charge in [0.1, 0.15) is 23.3 Å². The average molecular weight is 310 g/mol. The fourth-order valence-electron chi connectivity index (χ4n) is 1.22. The standard InChI is InChI=1S/C12H6BrClN2O/c13-8-1-2-11(14)12(5-8)17-10-3-4-16-9(6-10)7-15/h1-6H. The first-order valence-corrected chi connectivity index (χ1v) is 5.85. The molecule has 0 bridgehead atoms. The molecule has 0 amide bonds. The molecule has 0 fully saturated rings. The van der Waals surface area contributed by atoms with Crippen LogP contribution < -0.4 is 4.74 Å². The zero-order valence-corrected chi connectivity index (χ0v) is 10.9. The van der Waals surface area contributed by atoms with Gasteiger partial charge in [-0.1, -0.05) is 27.5 Å². The molecule has 0 aliphatic carbocycles. The summed E-state index contributed by atoms with van der Waals surface area (Å²) in [6.07, 6.45) is 1.51. The van der Waals surface area contributed by atoms with Gasteiger partial charge in [-0.2, -0.15) is 5.26 Å². The largest absolute Gasteiger partial charge is 0.456 e. The molecular weight excluding hydrogens is 304 g/mol. The summed E-state index contributed by atoms with van der Waals surface area (Å²) in [5.41, 5.74) is 0.300. The van der Waals surface area contributed by atoms with Crippen molar-refractivity contribution in [1.82, 2.24) is 4.98 Å². The third-order valence-electron chi connectivity index (χ3n) is 1.97. The lowest BCUT2D eigenvalue weighted by molar-refractivity contribution is 0.481. The molecule has 0 spiro atoms. The number of hydrogen-bond donors (Lipinski definition) is 0. The zero-order chi connectivity index (χ0) is 12.3. The molecule has 0 saturated carbocycles. The van der Waals surface area contributed by atoms with Crippen LogP contribution in [0.5, 0.6) is 11.5 Å². The lowest BCUT2D eigenvalue weighted by Gasteiger charge is -2.07. The SMILES string of the molecule is N#Cc1cc(Oc2cc(Br)ccc2Cl)ccn1. The van der Waals surface area contributed by atoms with E-state index >= 15 is 0 Å². The Bertz CT molecular complexity index is 595. The molecule has 3 nitrogen and oxygen atoms in total. The first kappa shape index (κ1) is 11.9. The first-order valence-electron chi connectivity index (χ1n) is 4.68. The minimum absolute atomic E-state index is 0.300. The fraction of sp³-hybridized carbons (Fsp3) is 0. The highest BCUT2D eigenvalue weighted by Crippen LogP contribution is 2.31. The van der Waals surface area contributed by atoms with Crippen LogP contribution in [0.4, 0.5) is 0 Å². The van der Waals surface area contributed by atoms with Gasteiger partial charge < -0.3 is 4.74 Å². The molecule has 5 heteroatoms. The van der Waals surface area contributed by atoms with Crippen LogP contribution in [0.15, 0.2) is 41.0 Å². The normalized spacial score (nSPS) is 9.71. The molecule has 0 radical (unpaired) electrons. The number of aromatic nitrogens is 1. The molecule has 1 heterocycles. The monoisotopic (exact) mass is 308 g/mol. The summed E-state index contributed by atoms with van der Waals surface area (Å²) < 4.78 is 6.45. The third kappa shape index (κ3) is 2.96. The number of rotatable bonds is 2. The van der Waals surface area contributed by atoms with Crippen LogP contribution in [0, 0.1) is 11.3 Å². The summed E-state index contributed by atoms with van der Waals surface area (Å²) >= 11 is 9.33. The molecule has 2 aromatic rings. The van der Waals surface area contributed by atoms with Crippen LogP contribution in [0.1, 0.15) is 5.69 Å². The van der Waals surface area contributed by atoms with E-state index in [0.29, 0.717) is 22.2 Å². The van der Waals surface area contributed by atoms with Crippen LogP contribution >= 0.6 is 27.5 Å². The molecule has 1 aromatic heterocycles. The maximum Gasteiger partial charge on any atom is 0.147 e. The number of nitriles is 1. The lowest BCUT2D eigenvalue weighted by atomic mass is 10.3. The molecule has 0 N–H and O–H groups in total. The van der Waals surface area contributed by atoms with Crippen LogP contribution in [0.25, 0.3) is 0 Å². The summed E-state index contributed by atoms with van der Waals surface area (Å²) in [6, 6.07) is 10.5. The Hall–Kier alpha value is -1.57. The van der Waals surface area contributed by atoms with Crippen molar-refractivity contribution in [3.8, 4) is 17.6 Å². The number of pyridine rings is 1. The van der Waals surface area contributed by atoms with Gasteiger partial charge in [-0.25, -0.2) is 4.98 Å². The maximum absolute atomic E-state index is 8.73. The average Bonchev–Trinajstić information content (AvgIpc) is 2.34. The molecule has 17 heavy (non-hydrogen) atoms. The van der Waals surface area contributed by atoms with Gasteiger partial charge in [0.15, 0.2) is 0 Å². The van der Waals surface area contributed by atoms with E-state index in [4.69, 9.17) is 21.6 Å². The van der Waals surface area contributed by atoms with Gasteiger partial charge in [-0.3, -0.25) is 0 Å². The van der Waals surface area contributed by atoms with E-state index in [9.17, 15) is 0 Å². The van der Waals surface area contributed by atoms with Crippen molar-refractivity contribution in [2.45, 2.75) is 0 Å². The van der Waals surface area contributed by atoms with Crippen molar-refractivity contribution < 1.29 is 4.74 Å². The van der Waals surface area contributed by atoms with Gasteiger partial charge in [0.25, 0.3) is 0 Å². The van der Waals surface area contributed by atoms with Crippen LogP contribution in [-0.2, 0) is 0 Å². The second-order valence-corrected chi connectivity index (χ2v) is 4.49. The van der Waals surface area contributed by atoms with Crippen molar-refractivity contribution in [1.29, 1.82) is 5.26 Å². The van der Waals surface area contributed by atoms with E-state index in [2.05, 4.69) is 20.9 Å². The van der Waals surface area contributed by atoms with E-state index in [1.54, 1.807) is 24.3 Å². The summed E-state index contributed by atoms with van der Waals surface area (Å²) in [5.74, 6) is 1.05. The molecule has 1 aromatic carbocycles. The number of benzene rings is 1. The predicted molar refractivity (Wildman–Crippen MR) is 68.2 cm³/mol. The minimum Gasteiger partial charge on any atom is -0.456 e. The summed E-state index contributed by atoms with van der Waals surface area (Å²) in [6.45, 7) is 0. The Kier molecular flexibility index (Phi) is 3.62. The third-order valence-corrected chi connectivity index (χ3v) is 2.77. The van der Waals surface area contributed by atoms with Crippen molar-refractivity contribution in [2.24, 2.45) is 0 Å². The van der Waals surface area contributed by atoms with E-state index in [-0.39, 0.29) is 0 Å². The van der Waals surface area contributed by atoms with E-state index in [1.165, 1.54) is 6.20 Å². The first-order chi connectivity index (χ1) is 8.19. The highest BCUT2D eigenvalue weighted by atomic mass is 79.9. The maximum atomic E-state index is 8.73. The van der Waals surface area contributed by atoms with Gasteiger partial charge in [0.2, 0.25) is 0 Å². The summed E-state index contributed by atoms with van der Waals surface area (Å²) in [5, 5.41) is 9.23. The van der Waals surface area contributed by atoms with Crippen molar-refractivity contribution in [3.63, 3.8) is 0 Å². The van der Waals surface area contributed by atoms with Crippen LogP contribution in [-0.4, -0.2) is 4.98 Å². The van der Waals surface area contributed by atoms with Crippen LogP contribution in [0.3, 0.4) is 0 Å². The Balaban J connectivity index is 2.31. The van der Waals surface area contributed by atoms with Crippen molar-refractivity contribution in [3.05, 3.63) is 51.7 Å². The molecule has 0 saturated heterocycles. The van der Waals surface area contributed by atoms with E-state index in [0.717, 1.165) is 4.47 Å². The van der Waals surface area contributed by atoms with Gasteiger partial charge >= 0.3 is 0 Å². The highest BCUT2D eigenvalue weighted by Gasteiger charge is 2.04. The van der Waals surface area contributed by atoms with Gasteiger partial charge in [0, 0.05) is 16.7 Å². The quantitative estimate of drug-likeness (QED) is 0.836. The van der Waals surface area contributed by atoms with Crippen LogP contribution in [0.2, 0.25) is 5.02 Å². The lowest BCUT2D eigenvalue weighted by Crippen LogP contribution is -1.88. The Morgan fingerprint density at radius 2 is 2.12 bits per heavy atom. The molecular formula is C12H6BrClN2O. The number of hydrogen-bond acceptors (Lipinski definition) is 3. The fourth-order valence-corrected chi connectivity index (χ4v) is 1.71. The van der Waals surface area contributed by atoms with E-state index in [1.807, 2.05) is 12.1 Å². The molecule has 0 aliphatic rings. The number of ether oxygens (including phenoxy) is 1. The topological polar surface area (TPSA) is 45.9 Å². The molecule has 84 valence electrons. The molecule has 0 aliphatic heterocycles. The molecule has 0 unspecified atom stereocenters. The number of halogens is 2. The van der Waals surface area contributed by atoms with Gasteiger partial charge in [-0.05, 0) is 24.3 Å². The molecule has 2 rings (SSSR count). The highest BCUT2D eigenvalue weighted by molar-refractivity contribution is 9.10. The van der Waals surface area contributed by atoms with Crippen molar-refractivity contribution in [2.75, 3.05) is 0 Å². The smallest absolute Gasteiger partial charge is 0.147 e. The Morgan fingerprint density at radius 3 is 2.88 bits per heavy atom. The Morgan fingerprint density at radius 1 is 1.29 bits per heavy atom. The van der Waals surface area contributed by atoms with Gasteiger partial charge in [0.05, 0.1) is 5.02 Å². The predicted octanol–water partition coefficient (Wildman–Crippen LogP) is 4.16. The number of nitrogens with zero attached hydrogens (tertiary/aromatic N) is 2. The minimum atomic E-state index is 0.300. The summed E-state index contributed by atoms with van der Waals surface area (Å²) in [4.78, 5) is 3.86. The van der Waals surface area contributed by atoms with Gasteiger partial charge in [-0.15, -0.1) is 0 Å². The van der Waals surface area contributed by atoms with E-state index < -0.39 is 0 Å². The molecule has 0 atom stereocenters. The second-order valence-electron chi connectivity index (χ2n) is 3.17.